The lowest BCUT2D eigenvalue weighted by Gasteiger charge is -2.12. The van der Waals surface area contributed by atoms with Crippen molar-refractivity contribution in [1.82, 2.24) is 0 Å². The molecule has 4 heteroatoms. The maximum Gasteiger partial charge on any atom is 0.142 e. The molecule has 0 aliphatic rings. The van der Waals surface area contributed by atoms with E-state index >= 15 is 0 Å². The Morgan fingerprint density at radius 2 is 2.14 bits per heavy atom. The Hall–Kier alpha value is -0.570. The van der Waals surface area contributed by atoms with E-state index in [1.54, 1.807) is 0 Å². The van der Waals surface area contributed by atoms with E-state index in [1.807, 2.05) is 0 Å². The standard InChI is InChI=1S/C10H9Cl2FO/c1-2-3-8(14)9-6(11)4-5-7(13)10(9)12/h2,4-5,8,14H,1,3H2. The molecule has 0 aromatic heterocycles. The van der Waals surface area contributed by atoms with Crippen LogP contribution in [0.25, 0.3) is 0 Å². The van der Waals surface area contributed by atoms with Crippen LogP contribution in [0.15, 0.2) is 24.8 Å². The Balaban J connectivity index is 3.17. The Morgan fingerprint density at radius 3 is 2.71 bits per heavy atom. The summed E-state index contributed by atoms with van der Waals surface area (Å²) in [7, 11) is 0. The maximum absolute atomic E-state index is 13.0. The summed E-state index contributed by atoms with van der Waals surface area (Å²) in [4.78, 5) is 0. The van der Waals surface area contributed by atoms with Crippen LogP contribution >= 0.6 is 23.2 Å². The summed E-state index contributed by atoms with van der Waals surface area (Å²) in [5.41, 5.74) is 0.216. The van der Waals surface area contributed by atoms with Crippen molar-refractivity contribution < 1.29 is 9.50 Å². The van der Waals surface area contributed by atoms with Gasteiger partial charge in [0, 0.05) is 10.6 Å². The number of halogens is 3. The maximum atomic E-state index is 13.0. The van der Waals surface area contributed by atoms with E-state index in [0.29, 0.717) is 0 Å². The minimum atomic E-state index is -0.914. The van der Waals surface area contributed by atoms with Crippen molar-refractivity contribution in [3.8, 4) is 0 Å². The summed E-state index contributed by atoms with van der Waals surface area (Å²) in [5, 5.41) is 9.72. The molecule has 1 unspecified atom stereocenters. The second kappa shape index (κ2) is 4.78. The molecule has 0 saturated heterocycles. The average Bonchev–Trinajstić information content (AvgIpc) is 2.13. The molecule has 0 heterocycles. The first-order valence-corrected chi connectivity index (χ1v) is 4.76. The monoisotopic (exact) mass is 234 g/mol. The third-order valence-corrected chi connectivity index (χ3v) is 2.52. The fourth-order valence-corrected chi connectivity index (χ4v) is 1.75. The van der Waals surface area contributed by atoms with Gasteiger partial charge in [-0.2, -0.15) is 0 Å². The predicted molar refractivity (Wildman–Crippen MR) is 56.2 cm³/mol. The van der Waals surface area contributed by atoms with Crippen molar-refractivity contribution in [2.24, 2.45) is 0 Å². The topological polar surface area (TPSA) is 20.2 Å². The van der Waals surface area contributed by atoms with Crippen LogP contribution in [0.3, 0.4) is 0 Å². The summed E-state index contributed by atoms with van der Waals surface area (Å²) < 4.78 is 13.0. The molecule has 1 aromatic carbocycles. The molecule has 1 atom stereocenters. The van der Waals surface area contributed by atoms with E-state index in [0.717, 1.165) is 6.07 Å². The Labute approximate surface area is 91.8 Å². The first kappa shape index (κ1) is 11.5. The lowest BCUT2D eigenvalue weighted by atomic mass is 10.1. The molecule has 14 heavy (non-hydrogen) atoms. The van der Waals surface area contributed by atoms with Crippen LogP contribution in [0.5, 0.6) is 0 Å². The van der Waals surface area contributed by atoms with Crippen LogP contribution in [-0.4, -0.2) is 5.11 Å². The van der Waals surface area contributed by atoms with Gasteiger partial charge < -0.3 is 5.11 Å². The second-order valence-electron chi connectivity index (χ2n) is 2.80. The molecule has 0 radical (unpaired) electrons. The van der Waals surface area contributed by atoms with Crippen LogP contribution in [0.4, 0.5) is 4.39 Å². The highest BCUT2D eigenvalue weighted by molar-refractivity contribution is 6.36. The zero-order valence-corrected chi connectivity index (χ0v) is 8.82. The van der Waals surface area contributed by atoms with Gasteiger partial charge in [0.05, 0.1) is 11.1 Å². The summed E-state index contributed by atoms with van der Waals surface area (Å²) in [6, 6.07) is 2.53. The van der Waals surface area contributed by atoms with Crippen LogP contribution in [-0.2, 0) is 0 Å². The SMILES string of the molecule is C=CCC(O)c1c(Cl)ccc(F)c1Cl. The van der Waals surface area contributed by atoms with Crippen molar-refractivity contribution in [2.75, 3.05) is 0 Å². The van der Waals surface area contributed by atoms with Crippen molar-refractivity contribution in [3.05, 3.63) is 46.2 Å². The minimum absolute atomic E-state index is 0.133. The second-order valence-corrected chi connectivity index (χ2v) is 3.58. The highest BCUT2D eigenvalue weighted by Gasteiger charge is 2.17. The van der Waals surface area contributed by atoms with Crippen molar-refractivity contribution in [3.63, 3.8) is 0 Å². The molecular weight excluding hydrogens is 226 g/mol. The zero-order chi connectivity index (χ0) is 10.7. The molecule has 0 spiro atoms. The van der Waals surface area contributed by atoms with Crippen molar-refractivity contribution in [1.29, 1.82) is 0 Å². The Bertz CT molecular complexity index is 352. The van der Waals surface area contributed by atoms with Gasteiger partial charge in [0.25, 0.3) is 0 Å². The van der Waals surface area contributed by atoms with E-state index < -0.39 is 11.9 Å². The quantitative estimate of drug-likeness (QED) is 0.624. The molecular formula is C10H9Cl2FO. The summed E-state index contributed by atoms with van der Waals surface area (Å²) in [6.07, 6.45) is 0.883. The molecule has 76 valence electrons. The highest BCUT2D eigenvalue weighted by Crippen LogP contribution is 2.33. The van der Waals surface area contributed by atoms with Gasteiger partial charge in [0.1, 0.15) is 5.82 Å². The average molecular weight is 235 g/mol. The third kappa shape index (κ3) is 2.27. The first-order valence-electron chi connectivity index (χ1n) is 4.00. The molecule has 1 N–H and O–H groups in total. The van der Waals surface area contributed by atoms with E-state index in [1.165, 1.54) is 12.1 Å². The molecule has 0 amide bonds. The number of aliphatic hydroxyl groups is 1. The number of hydrogen-bond donors (Lipinski definition) is 1. The fourth-order valence-electron chi connectivity index (χ4n) is 1.12. The van der Waals surface area contributed by atoms with Gasteiger partial charge >= 0.3 is 0 Å². The smallest absolute Gasteiger partial charge is 0.142 e. The fraction of sp³-hybridized carbons (Fsp3) is 0.200. The first-order chi connectivity index (χ1) is 6.57. The lowest BCUT2D eigenvalue weighted by molar-refractivity contribution is 0.181. The molecule has 1 nitrogen and oxygen atoms in total. The van der Waals surface area contributed by atoms with E-state index in [9.17, 15) is 9.50 Å². The Kier molecular flexibility index (Phi) is 3.93. The normalized spacial score (nSPS) is 12.6. The number of aliphatic hydroxyl groups excluding tert-OH is 1. The molecule has 0 aliphatic carbocycles. The number of hydrogen-bond acceptors (Lipinski definition) is 1. The van der Waals surface area contributed by atoms with Gasteiger partial charge in [-0.15, -0.1) is 6.58 Å². The van der Waals surface area contributed by atoms with E-state index in [-0.39, 0.29) is 22.0 Å². The molecule has 1 aromatic rings. The number of benzene rings is 1. The highest BCUT2D eigenvalue weighted by atomic mass is 35.5. The third-order valence-electron chi connectivity index (χ3n) is 1.80. The molecule has 0 aliphatic heterocycles. The van der Waals surface area contributed by atoms with Crippen molar-refractivity contribution in [2.45, 2.75) is 12.5 Å². The van der Waals surface area contributed by atoms with Gasteiger partial charge in [0.15, 0.2) is 0 Å². The van der Waals surface area contributed by atoms with Gasteiger partial charge in [-0.05, 0) is 18.6 Å². The van der Waals surface area contributed by atoms with E-state index in [4.69, 9.17) is 23.2 Å². The van der Waals surface area contributed by atoms with E-state index in [2.05, 4.69) is 6.58 Å². The molecule has 0 fully saturated rings. The number of rotatable bonds is 3. The molecule has 0 saturated carbocycles. The summed E-state index contributed by atoms with van der Waals surface area (Å²) >= 11 is 11.5. The van der Waals surface area contributed by atoms with Gasteiger partial charge in [0.2, 0.25) is 0 Å². The summed E-state index contributed by atoms with van der Waals surface area (Å²) in [6.45, 7) is 3.47. The van der Waals surface area contributed by atoms with Gasteiger partial charge in [-0.1, -0.05) is 29.3 Å². The van der Waals surface area contributed by atoms with Gasteiger partial charge in [-0.3, -0.25) is 0 Å². The van der Waals surface area contributed by atoms with Crippen LogP contribution in [0, 0.1) is 5.82 Å². The molecule has 0 bridgehead atoms. The predicted octanol–water partition coefficient (Wildman–Crippen LogP) is 3.74. The van der Waals surface area contributed by atoms with Gasteiger partial charge in [-0.25, -0.2) is 4.39 Å². The van der Waals surface area contributed by atoms with Crippen LogP contribution in [0.1, 0.15) is 18.1 Å². The largest absolute Gasteiger partial charge is 0.388 e. The molecule has 1 rings (SSSR count). The lowest BCUT2D eigenvalue weighted by Crippen LogP contribution is -1.99. The summed E-state index contributed by atoms with van der Waals surface area (Å²) in [5.74, 6) is -0.589. The minimum Gasteiger partial charge on any atom is -0.388 e. The van der Waals surface area contributed by atoms with Crippen LogP contribution < -0.4 is 0 Å². The zero-order valence-electron chi connectivity index (χ0n) is 7.30. The Morgan fingerprint density at radius 1 is 1.50 bits per heavy atom. The van der Waals surface area contributed by atoms with Crippen LogP contribution in [0.2, 0.25) is 10.0 Å². The van der Waals surface area contributed by atoms with Crippen molar-refractivity contribution >= 4 is 23.2 Å².